The van der Waals surface area contributed by atoms with E-state index < -0.39 is 0 Å². The molecule has 4 nitrogen and oxygen atoms in total. The zero-order chi connectivity index (χ0) is 11.3. The lowest BCUT2D eigenvalue weighted by atomic mass is 10.1. The highest BCUT2D eigenvalue weighted by Gasteiger charge is 2.21. The number of carbonyl (C=O) groups is 1. The minimum Gasteiger partial charge on any atom is -0.396 e. The quantitative estimate of drug-likeness (QED) is 0.681. The van der Waals surface area contributed by atoms with Gasteiger partial charge in [-0.2, -0.15) is 0 Å². The fourth-order valence-corrected chi connectivity index (χ4v) is 1.98. The highest BCUT2D eigenvalue weighted by molar-refractivity contribution is 5.78. The molecule has 4 heteroatoms. The predicted molar refractivity (Wildman–Crippen MR) is 59.5 cm³/mol. The molecule has 0 saturated carbocycles. The van der Waals surface area contributed by atoms with Crippen LogP contribution >= 0.6 is 0 Å². The zero-order valence-corrected chi connectivity index (χ0v) is 9.70. The number of hydrogen-bond donors (Lipinski definition) is 2. The van der Waals surface area contributed by atoms with Gasteiger partial charge in [-0.3, -0.25) is 4.79 Å². The van der Waals surface area contributed by atoms with E-state index in [-0.39, 0.29) is 18.4 Å². The Bertz CT molecular complexity index is 205. The Labute approximate surface area is 91.6 Å². The van der Waals surface area contributed by atoms with Gasteiger partial charge >= 0.3 is 0 Å². The van der Waals surface area contributed by atoms with E-state index in [1.807, 2.05) is 6.92 Å². The predicted octanol–water partition coefficient (Wildman–Crippen LogP) is 0.0728. The van der Waals surface area contributed by atoms with Crippen LogP contribution in [0, 0.1) is 11.8 Å². The molecule has 1 saturated heterocycles. The molecule has 0 aliphatic carbocycles. The number of hydrogen-bond acceptors (Lipinski definition) is 3. The summed E-state index contributed by atoms with van der Waals surface area (Å²) in [5.74, 6) is 0.342. The van der Waals surface area contributed by atoms with Crippen LogP contribution in [0.3, 0.4) is 0 Å². The molecule has 1 rings (SSSR count). The van der Waals surface area contributed by atoms with Crippen molar-refractivity contribution in [2.45, 2.75) is 19.8 Å². The van der Waals surface area contributed by atoms with E-state index in [9.17, 15) is 4.79 Å². The van der Waals surface area contributed by atoms with Crippen LogP contribution in [-0.2, 0) is 4.79 Å². The van der Waals surface area contributed by atoms with Crippen LogP contribution in [0.2, 0.25) is 0 Å². The van der Waals surface area contributed by atoms with E-state index in [0.29, 0.717) is 12.3 Å². The molecule has 0 aromatic heterocycles. The minimum atomic E-state index is -0.232. The van der Waals surface area contributed by atoms with Gasteiger partial charge in [0.15, 0.2) is 0 Å². The summed E-state index contributed by atoms with van der Waals surface area (Å²) in [7, 11) is 2.10. The maximum absolute atomic E-state index is 11.6. The number of aliphatic hydroxyl groups is 1. The number of rotatable bonds is 5. The lowest BCUT2D eigenvalue weighted by molar-refractivity contribution is -0.126. The molecular weight excluding hydrogens is 192 g/mol. The van der Waals surface area contributed by atoms with Gasteiger partial charge < -0.3 is 15.3 Å². The maximum atomic E-state index is 11.6. The van der Waals surface area contributed by atoms with Crippen LogP contribution < -0.4 is 5.32 Å². The molecule has 1 amide bonds. The molecule has 0 spiro atoms. The lowest BCUT2D eigenvalue weighted by Crippen LogP contribution is -2.36. The standard InChI is InChI=1S/C11H22N2O2/c1-3-10(8-14)11(15)12-6-9-4-5-13(2)7-9/h9-10,14H,3-8H2,1-2H3,(H,12,15). The number of nitrogens with one attached hydrogen (secondary N) is 1. The maximum Gasteiger partial charge on any atom is 0.225 e. The minimum absolute atomic E-state index is 0.00504. The second kappa shape index (κ2) is 6.08. The van der Waals surface area contributed by atoms with Crippen LogP contribution in [0.1, 0.15) is 19.8 Å². The first-order valence-corrected chi connectivity index (χ1v) is 5.74. The van der Waals surface area contributed by atoms with Crippen molar-refractivity contribution >= 4 is 5.91 Å². The third-order valence-electron chi connectivity index (χ3n) is 3.14. The summed E-state index contributed by atoms with van der Waals surface area (Å²) in [4.78, 5) is 13.8. The molecule has 15 heavy (non-hydrogen) atoms. The monoisotopic (exact) mass is 214 g/mol. The van der Waals surface area contributed by atoms with Gasteiger partial charge in [0, 0.05) is 13.1 Å². The molecule has 1 fully saturated rings. The van der Waals surface area contributed by atoms with Crippen molar-refractivity contribution in [2.24, 2.45) is 11.8 Å². The van der Waals surface area contributed by atoms with Crippen LogP contribution in [-0.4, -0.2) is 49.2 Å². The number of amides is 1. The van der Waals surface area contributed by atoms with E-state index in [2.05, 4.69) is 17.3 Å². The van der Waals surface area contributed by atoms with Crippen molar-refractivity contribution < 1.29 is 9.90 Å². The van der Waals surface area contributed by atoms with Gasteiger partial charge in [0.1, 0.15) is 0 Å². The summed E-state index contributed by atoms with van der Waals surface area (Å²) in [6, 6.07) is 0. The number of likely N-dealkylation sites (tertiary alicyclic amines) is 1. The fraction of sp³-hybridized carbons (Fsp3) is 0.909. The van der Waals surface area contributed by atoms with Gasteiger partial charge in [0.25, 0.3) is 0 Å². The van der Waals surface area contributed by atoms with E-state index >= 15 is 0 Å². The molecule has 2 N–H and O–H groups in total. The van der Waals surface area contributed by atoms with Crippen molar-refractivity contribution in [3.05, 3.63) is 0 Å². The third kappa shape index (κ3) is 3.80. The summed E-state index contributed by atoms with van der Waals surface area (Å²) in [6.07, 6.45) is 1.86. The van der Waals surface area contributed by atoms with Crippen LogP contribution in [0.25, 0.3) is 0 Å². The zero-order valence-electron chi connectivity index (χ0n) is 9.70. The summed E-state index contributed by atoms with van der Waals surface area (Å²) in [6.45, 7) is 4.81. The van der Waals surface area contributed by atoms with Crippen molar-refractivity contribution in [3.63, 3.8) is 0 Å². The van der Waals surface area contributed by atoms with E-state index in [0.717, 1.165) is 26.1 Å². The Morgan fingerprint density at radius 1 is 1.67 bits per heavy atom. The Balaban J connectivity index is 2.21. The Kier molecular flexibility index (Phi) is 5.05. The van der Waals surface area contributed by atoms with Crippen LogP contribution in [0.5, 0.6) is 0 Å². The molecule has 2 atom stereocenters. The fourth-order valence-electron chi connectivity index (χ4n) is 1.98. The van der Waals surface area contributed by atoms with Gasteiger partial charge in [0.2, 0.25) is 5.91 Å². The van der Waals surface area contributed by atoms with Gasteiger partial charge in [-0.05, 0) is 32.4 Å². The van der Waals surface area contributed by atoms with Crippen molar-refractivity contribution in [1.82, 2.24) is 10.2 Å². The Morgan fingerprint density at radius 2 is 2.40 bits per heavy atom. The molecule has 1 aliphatic heterocycles. The highest BCUT2D eigenvalue weighted by Crippen LogP contribution is 2.13. The molecule has 88 valence electrons. The highest BCUT2D eigenvalue weighted by atomic mass is 16.3. The molecule has 0 radical (unpaired) electrons. The van der Waals surface area contributed by atoms with Crippen LogP contribution in [0.4, 0.5) is 0 Å². The van der Waals surface area contributed by atoms with Crippen molar-refractivity contribution in [1.29, 1.82) is 0 Å². The summed E-state index contributed by atoms with van der Waals surface area (Å²) in [5.41, 5.74) is 0. The van der Waals surface area contributed by atoms with Gasteiger partial charge in [-0.1, -0.05) is 6.92 Å². The lowest BCUT2D eigenvalue weighted by Gasteiger charge is -2.15. The normalized spacial score (nSPS) is 24.1. The van der Waals surface area contributed by atoms with Gasteiger partial charge in [-0.25, -0.2) is 0 Å². The molecule has 0 aromatic carbocycles. The van der Waals surface area contributed by atoms with Crippen molar-refractivity contribution in [2.75, 3.05) is 33.3 Å². The van der Waals surface area contributed by atoms with Crippen LogP contribution in [0.15, 0.2) is 0 Å². The molecule has 0 aromatic rings. The molecule has 0 bridgehead atoms. The largest absolute Gasteiger partial charge is 0.396 e. The molecule has 1 heterocycles. The SMILES string of the molecule is CCC(CO)C(=O)NCC1CCN(C)C1. The number of nitrogens with zero attached hydrogens (tertiary/aromatic N) is 1. The van der Waals surface area contributed by atoms with Gasteiger partial charge in [0.05, 0.1) is 12.5 Å². The van der Waals surface area contributed by atoms with Gasteiger partial charge in [-0.15, -0.1) is 0 Å². The van der Waals surface area contributed by atoms with E-state index in [1.54, 1.807) is 0 Å². The molecular formula is C11H22N2O2. The van der Waals surface area contributed by atoms with E-state index in [4.69, 9.17) is 5.11 Å². The third-order valence-corrected chi connectivity index (χ3v) is 3.14. The summed E-state index contributed by atoms with van der Waals surface area (Å²) >= 11 is 0. The average molecular weight is 214 g/mol. The average Bonchev–Trinajstić information content (AvgIpc) is 2.63. The first-order chi connectivity index (χ1) is 7.17. The number of aliphatic hydroxyl groups excluding tert-OH is 1. The first-order valence-electron chi connectivity index (χ1n) is 5.74. The summed E-state index contributed by atoms with van der Waals surface area (Å²) in [5, 5.41) is 11.9. The Morgan fingerprint density at radius 3 is 2.87 bits per heavy atom. The van der Waals surface area contributed by atoms with Crippen molar-refractivity contribution in [3.8, 4) is 0 Å². The molecule has 1 aliphatic rings. The van der Waals surface area contributed by atoms with E-state index in [1.165, 1.54) is 0 Å². The second-order valence-electron chi connectivity index (χ2n) is 4.45. The summed E-state index contributed by atoms with van der Waals surface area (Å²) < 4.78 is 0. The smallest absolute Gasteiger partial charge is 0.225 e. The first kappa shape index (κ1) is 12.5. The second-order valence-corrected chi connectivity index (χ2v) is 4.45. The topological polar surface area (TPSA) is 52.6 Å². The Hall–Kier alpha value is -0.610. The number of carbonyl (C=O) groups excluding carboxylic acids is 1. The molecule has 2 unspecified atom stereocenters.